The van der Waals surface area contributed by atoms with Crippen molar-refractivity contribution in [3.63, 3.8) is 0 Å². The van der Waals surface area contributed by atoms with E-state index in [0.717, 1.165) is 63.1 Å². The van der Waals surface area contributed by atoms with Crippen molar-refractivity contribution >= 4 is 28.9 Å². The number of carbonyl (C=O) groups is 2. The molecule has 2 aromatic rings. The van der Waals surface area contributed by atoms with Gasteiger partial charge in [-0.1, -0.05) is 12.1 Å². The van der Waals surface area contributed by atoms with Crippen LogP contribution >= 0.6 is 0 Å². The van der Waals surface area contributed by atoms with E-state index in [1.807, 2.05) is 29.2 Å². The topological polar surface area (TPSA) is 73.1 Å². The van der Waals surface area contributed by atoms with Gasteiger partial charge in [-0.3, -0.25) is 14.5 Å². The number of amides is 2. The summed E-state index contributed by atoms with van der Waals surface area (Å²) in [5, 5.41) is 0. The summed E-state index contributed by atoms with van der Waals surface area (Å²) in [5.74, 6) is 0.426. The highest BCUT2D eigenvalue weighted by Crippen LogP contribution is 2.27. The Morgan fingerprint density at radius 1 is 1.07 bits per heavy atom. The Hall–Kier alpha value is -2.61. The number of piperidine rings is 1. The van der Waals surface area contributed by atoms with Gasteiger partial charge in [-0.2, -0.15) is 4.98 Å². The molecule has 8 heteroatoms. The van der Waals surface area contributed by atoms with E-state index >= 15 is 0 Å². The van der Waals surface area contributed by atoms with Crippen LogP contribution in [-0.2, 0) is 9.59 Å². The zero-order valence-corrected chi connectivity index (χ0v) is 17.9. The van der Waals surface area contributed by atoms with Crippen LogP contribution in [0, 0.1) is 5.92 Å². The minimum Gasteiger partial charge on any atom is -0.423 e. The van der Waals surface area contributed by atoms with Crippen LogP contribution in [0.2, 0.25) is 0 Å². The monoisotopic (exact) mass is 413 g/mol. The van der Waals surface area contributed by atoms with E-state index in [4.69, 9.17) is 4.42 Å². The van der Waals surface area contributed by atoms with Crippen molar-refractivity contribution in [3.05, 3.63) is 24.3 Å². The molecule has 0 bridgehead atoms. The van der Waals surface area contributed by atoms with Gasteiger partial charge in [0.05, 0.1) is 6.54 Å². The lowest BCUT2D eigenvalue weighted by Crippen LogP contribution is -2.44. The molecule has 0 radical (unpaired) electrons. The highest BCUT2D eigenvalue weighted by molar-refractivity contribution is 5.80. The van der Waals surface area contributed by atoms with Gasteiger partial charge in [-0.05, 0) is 31.4 Å². The summed E-state index contributed by atoms with van der Waals surface area (Å²) in [5.41, 5.74) is 1.67. The van der Waals surface area contributed by atoms with Gasteiger partial charge in [0.2, 0.25) is 11.8 Å². The molecular formula is C22H31N5O3. The molecule has 2 fully saturated rings. The smallest absolute Gasteiger partial charge is 0.298 e. The Kier molecular flexibility index (Phi) is 6.22. The second-order valence-corrected chi connectivity index (χ2v) is 8.47. The van der Waals surface area contributed by atoms with E-state index in [2.05, 4.69) is 14.8 Å². The molecular weight excluding hydrogens is 382 g/mol. The zero-order valence-electron chi connectivity index (χ0n) is 17.9. The van der Waals surface area contributed by atoms with Gasteiger partial charge < -0.3 is 19.1 Å². The molecule has 2 amide bonds. The number of benzene rings is 1. The van der Waals surface area contributed by atoms with Crippen molar-refractivity contribution in [3.8, 4) is 0 Å². The molecule has 1 aromatic heterocycles. The van der Waals surface area contributed by atoms with Gasteiger partial charge in [-0.25, -0.2) is 0 Å². The maximum atomic E-state index is 13.1. The van der Waals surface area contributed by atoms with Gasteiger partial charge in [0.15, 0.2) is 5.58 Å². The second kappa shape index (κ2) is 9.04. The standard InChI is InChI=1S/C22H31N5O3/c1-24(2)20(28)16-25-10-5-11-26(15-14-25)21(29)17-8-12-27(13-9-17)22-23-18-6-3-4-7-19(18)30-22/h3-4,6-7,17H,5,8-16H2,1-2H3. The van der Waals surface area contributed by atoms with Crippen LogP contribution in [0.5, 0.6) is 0 Å². The third kappa shape index (κ3) is 4.59. The molecule has 162 valence electrons. The van der Waals surface area contributed by atoms with Crippen LogP contribution in [0.3, 0.4) is 0 Å². The molecule has 0 unspecified atom stereocenters. The first-order chi connectivity index (χ1) is 14.5. The number of para-hydroxylation sites is 2. The molecule has 8 nitrogen and oxygen atoms in total. The Morgan fingerprint density at radius 2 is 1.83 bits per heavy atom. The van der Waals surface area contributed by atoms with Crippen molar-refractivity contribution < 1.29 is 14.0 Å². The van der Waals surface area contributed by atoms with E-state index < -0.39 is 0 Å². The maximum Gasteiger partial charge on any atom is 0.298 e. The molecule has 0 N–H and O–H groups in total. The number of oxazole rings is 1. The number of hydrogen-bond donors (Lipinski definition) is 0. The first-order valence-corrected chi connectivity index (χ1v) is 10.8. The minimum absolute atomic E-state index is 0.0561. The first kappa shape index (κ1) is 20.7. The third-order valence-electron chi connectivity index (χ3n) is 6.16. The van der Waals surface area contributed by atoms with Crippen molar-refractivity contribution in [1.29, 1.82) is 0 Å². The summed E-state index contributed by atoms with van der Waals surface area (Å²) in [6.45, 7) is 5.08. The summed E-state index contributed by atoms with van der Waals surface area (Å²) in [6, 6.07) is 8.43. The van der Waals surface area contributed by atoms with Crippen molar-refractivity contribution in [2.45, 2.75) is 19.3 Å². The lowest BCUT2D eigenvalue weighted by atomic mass is 9.95. The van der Waals surface area contributed by atoms with E-state index in [-0.39, 0.29) is 17.7 Å². The van der Waals surface area contributed by atoms with E-state index in [1.165, 1.54) is 0 Å². The lowest BCUT2D eigenvalue weighted by Gasteiger charge is -2.33. The largest absolute Gasteiger partial charge is 0.423 e. The summed E-state index contributed by atoms with van der Waals surface area (Å²) >= 11 is 0. The third-order valence-corrected chi connectivity index (χ3v) is 6.16. The van der Waals surface area contributed by atoms with Gasteiger partial charge in [0.1, 0.15) is 5.52 Å². The maximum absolute atomic E-state index is 13.1. The Balaban J connectivity index is 1.29. The number of anilines is 1. The molecule has 2 aliphatic heterocycles. The number of nitrogens with zero attached hydrogens (tertiary/aromatic N) is 5. The van der Waals surface area contributed by atoms with E-state index in [1.54, 1.807) is 19.0 Å². The summed E-state index contributed by atoms with van der Waals surface area (Å²) in [7, 11) is 3.56. The number of aromatic nitrogens is 1. The van der Waals surface area contributed by atoms with Crippen molar-refractivity contribution in [1.82, 2.24) is 19.7 Å². The van der Waals surface area contributed by atoms with Crippen LogP contribution in [0.25, 0.3) is 11.1 Å². The highest BCUT2D eigenvalue weighted by Gasteiger charge is 2.31. The molecule has 3 heterocycles. The normalized spacial score (nSPS) is 19.1. The number of fused-ring (bicyclic) bond motifs is 1. The predicted octanol–water partition coefficient (Wildman–Crippen LogP) is 1.67. The number of hydrogen-bond acceptors (Lipinski definition) is 6. The van der Waals surface area contributed by atoms with Gasteiger partial charge in [-0.15, -0.1) is 0 Å². The van der Waals surface area contributed by atoms with Gasteiger partial charge in [0, 0.05) is 59.3 Å². The zero-order chi connectivity index (χ0) is 21.1. The van der Waals surface area contributed by atoms with Crippen LogP contribution in [0.1, 0.15) is 19.3 Å². The minimum atomic E-state index is 0.0561. The number of carbonyl (C=O) groups excluding carboxylic acids is 2. The summed E-state index contributed by atoms with van der Waals surface area (Å²) in [6.07, 6.45) is 2.54. The molecule has 30 heavy (non-hydrogen) atoms. The average Bonchev–Trinajstić information content (AvgIpc) is 3.06. The fraction of sp³-hybridized carbons (Fsp3) is 0.591. The Morgan fingerprint density at radius 3 is 2.57 bits per heavy atom. The molecule has 0 aliphatic carbocycles. The van der Waals surface area contributed by atoms with E-state index in [9.17, 15) is 9.59 Å². The fourth-order valence-electron chi connectivity index (χ4n) is 4.25. The molecule has 0 spiro atoms. The fourth-order valence-corrected chi connectivity index (χ4v) is 4.25. The average molecular weight is 414 g/mol. The Labute approximate surface area is 177 Å². The lowest BCUT2D eigenvalue weighted by molar-refractivity contribution is -0.136. The highest BCUT2D eigenvalue weighted by atomic mass is 16.4. The molecule has 2 saturated heterocycles. The SMILES string of the molecule is CN(C)C(=O)CN1CCCN(C(=O)C2CCN(c3nc4ccccc4o3)CC2)CC1. The summed E-state index contributed by atoms with van der Waals surface area (Å²) in [4.78, 5) is 37.6. The summed E-state index contributed by atoms with van der Waals surface area (Å²) < 4.78 is 5.88. The molecule has 0 atom stereocenters. The van der Waals surface area contributed by atoms with Crippen molar-refractivity contribution in [2.24, 2.45) is 5.92 Å². The van der Waals surface area contributed by atoms with Crippen LogP contribution in [0.4, 0.5) is 6.01 Å². The van der Waals surface area contributed by atoms with Gasteiger partial charge >= 0.3 is 0 Å². The molecule has 1 aromatic carbocycles. The first-order valence-electron chi connectivity index (χ1n) is 10.8. The second-order valence-electron chi connectivity index (χ2n) is 8.47. The predicted molar refractivity (Wildman–Crippen MR) is 115 cm³/mol. The van der Waals surface area contributed by atoms with Gasteiger partial charge in [0.25, 0.3) is 6.01 Å². The molecule has 4 rings (SSSR count). The number of likely N-dealkylation sites (N-methyl/N-ethyl adjacent to an activating group) is 1. The Bertz CT molecular complexity index is 855. The van der Waals surface area contributed by atoms with Crippen LogP contribution in [0.15, 0.2) is 28.7 Å². The van der Waals surface area contributed by atoms with Crippen LogP contribution < -0.4 is 4.90 Å². The number of rotatable bonds is 4. The quantitative estimate of drug-likeness (QED) is 0.759. The van der Waals surface area contributed by atoms with Crippen LogP contribution in [-0.4, -0.2) is 91.4 Å². The molecule has 0 saturated carbocycles. The van der Waals surface area contributed by atoms with E-state index in [0.29, 0.717) is 19.1 Å². The van der Waals surface area contributed by atoms with Crippen molar-refractivity contribution in [2.75, 3.05) is 64.8 Å². The molecule has 2 aliphatic rings.